The molecule has 5 aliphatic rings. The molecule has 0 spiro atoms. The molecule has 2 aromatic rings. The molecule has 10 heteroatoms. The molecule has 1 fully saturated rings. The first-order chi connectivity index (χ1) is 19.6. The van der Waals surface area contributed by atoms with E-state index in [9.17, 15) is 29.7 Å². The average Bonchev–Trinajstić information content (AvgIpc) is 3.68. The maximum absolute atomic E-state index is 14.0. The van der Waals surface area contributed by atoms with Gasteiger partial charge in [-0.2, -0.15) is 0 Å². The molecule has 41 heavy (non-hydrogen) atoms. The number of rotatable bonds is 2. The topological polar surface area (TPSA) is 155 Å². The van der Waals surface area contributed by atoms with Crippen LogP contribution in [-0.2, 0) is 24.6 Å². The summed E-state index contributed by atoms with van der Waals surface area (Å²) >= 11 is 0. The molecule has 4 N–H and O–H groups in total. The Morgan fingerprint density at radius 2 is 1.56 bits per heavy atom. The predicted octanol–water partition coefficient (Wildman–Crippen LogP) is 2.25. The van der Waals surface area contributed by atoms with Gasteiger partial charge in [0.1, 0.15) is 46.2 Å². The minimum Gasteiger partial charge on any atom is -0.507 e. The monoisotopic (exact) mass is 551 g/mol. The number of ketones is 2. The molecule has 0 aromatic heterocycles. The smallest absolute Gasteiger partial charge is 0.337 e. The molecule has 1 saturated heterocycles. The molecule has 0 radical (unpaired) electrons. The van der Waals surface area contributed by atoms with Gasteiger partial charge in [0.05, 0.1) is 47.7 Å². The highest BCUT2D eigenvalue weighted by molar-refractivity contribution is 6.33. The second-order valence-electron chi connectivity index (χ2n) is 10.3. The Labute approximate surface area is 233 Å². The highest BCUT2D eigenvalue weighted by atomic mass is 16.6. The Bertz CT molecular complexity index is 1860. The van der Waals surface area contributed by atoms with E-state index in [0.29, 0.717) is 5.56 Å². The van der Waals surface area contributed by atoms with Gasteiger partial charge in [0, 0.05) is 11.5 Å². The fraction of sp³-hybridized carbons (Fsp3) is 0.258. The molecule has 204 valence electrons. The van der Waals surface area contributed by atoms with Gasteiger partial charge in [-0.1, -0.05) is 30.6 Å². The van der Waals surface area contributed by atoms with Crippen molar-refractivity contribution in [1.82, 2.24) is 0 Å². The van der Waals surface area contributed by atoms with Crippen LogP contribution in [0.1, 0.15) is 44.3 Å². The summed E-state index contributed by atoms with van der Waals surface area (Å²) in [6, 6.07) is 2.73. The van der Waals surface area contributed by atoms with Crippen LogP contribution >= 0.6 is 0 Å². The van der Waals surface area contributed by atoms with Crippen molar-refractivity contribution in [2.24, 2.45) is 11.8 Å². The van der Waals surface area contributed by atoms with Gasteiger partial charge in [-0.3, -0.25) is 9.59 Å². The largest absolute Gasteiger partial charge is 0.507 e. The average molecular weight is 552 g/mol. The van der Waals surface area contributed by atoms with E-state index in [2.05, 4.69) is 29.0 Å². The van der Waals surface area contributed by atoms with Crippen LogP contribution in [0, 0.1) is 35.5 Å². The lowest BCUT2D eigenvalue weighted by atomic mass is 9.59. The van der Waals surface area contributed by atoms with Crippen molar-refractivity contribution in [3.8, 4) is 40.9 Å². The van der Waals surface area contributed by atoms with Crippen LogP contribution in [0.2, 0.25) is 0 Å². The number of benzene rings is 2. The van der Waals surface area contributed by atoms with Crippen molar-refractivity contribution in [3.05, 3.63) is 69.5 Å². The van der Waals surface area contributed by atoms with E-state index in [4.69, 9.17) is 14.2 Å². The maximum Gasteiger partial charge on any atom is 0.337 e. The van der Waals surface area contributed by atoms with Crippen LogP contribution in [0.3, 0.4) is 0 Å². The highest BCUT2D eigenvalue weighted by Gasteiger charge is 2.85. The zero-order chi connectivity index (χ0) is 29.0. The summed E-state index contributed by atoms with van der Waals surface area (Å²) in [6.07, 6.45) is 3.11. The fourth-order valence-electron chi connectivity index (χ4n) is 7.03. The number of hydrogen-bond acceptors (Lipinski definition) is 10. The van der Waals surface area contributed by atoms with Crippen LogP contribution in [0.25, 0.3) is 0 Å². The quantitative estimate of drug-likeness (QED) is 0.161. The molecule has 0 amide bonds. The number of allylic oxidation sites excluding steroid dienone is 2. The summed E-state index contributed by atoms with van der Waals surface area (Å²) in [5.41, 5.74) is -3.17. The lowest BCUT2D eigenvalue weighted by molar-refractivity contribution is -0.137. The maximum atomic E-state index is 14.0. The van der Waals surface area contributed by atoms with E-state index < -0.39 is 69.4 Å². The SMILES string of the molecule is COC(=O)C1=C(OC)[C@H]2C#C/C=C\C#C[C@@H]3Nc4c(cc(O)c5c4C(=O)c4c(O)ccc(O)c4C5=O)[C@]24O[C@@]34[C@H]1C. The van der Waals surface area contributed by atoms with Gasteiger partial charge in [-0.25, -0.2) is 4.79 Å². The minimum atomic E-state index is -1.36. The number of nitrogens with one attached hydrogen (secondary N) is 1. The Hall–Kier alpha value is -5.19. The van der Waals surface area contributed by atoms with Gasteiger partial charge in [-0.05, 0) is 30.4 Å². The van der Waals surface area contributed by atoms with Crippen molar-refractivity contribution in [1.29, 1.82) is 0 Å². The number of anilines is 1. The van der Waals surface area contributed by atoms with E-state index in [1.807, 2.05) is 0 Å². The number of methoxy groups -OCH3 is 2. The summed E-state index contributed by atoms with van der Waals surface area (Å²) in [4.78, 5) is 40.7. The molecule has 2 aliphatic heterocycles. The molecule has 10 nitrogen and oxygen atoms in total. The van der Waals surface area contributed by atoms with Gasteiger partial charge in [0.15, 0.2) is 0 Å². The third kappa shape index (κ3) is 2.70. The predicted molar refractivity (Wildman–Crippen MR) is 141 cm³/mol. The molecule has 2 aromatic carbocycles. The van der Waals surface area contributed by atoms with Gasteiger partial charge in [-0.15, -0.1) is 0 Å². The van der Waals surface area contributed by atoms with E-state index >= 15 is 0 Å². The summed E-state index contributed by atoms with van der Waals surface area (Å²) < 4.78 is 17.5. The van der Waals surface area contributed by atoms with Crippen molar-refractivity contribution in [2.45, 2.75) is 24.2 Å². The van der Waals surface area contributed by atoms with Crippen molar-refractivity contribution < 1.29 is 43.9 Å². The van der Waals surface area contributed by atoms with Crippen LogP contribution in [0.4, 0.5) is 5.69 Å². The Balaban J connectivity index is 1.58. The molecule has 3 aliphatic carbocycles. The van der Waals surface area contributed by atoms with E-state index in [1.165, 1.54) is 20.3 Å². The number of hydrogen-bond donors (Lipinski definition) is 4. The Morgan fingerprint density at radius 3 is 2.20 bits per heavy atom. The molecule has 5 atom stereocenters. The number of epoxide rings is 1. The third-order valence-corrected chi connectivity index (χ3v) is 8.70. The van der Waals surface area contributed by atoms with Gasteiger partial charge in [0.2, 0.25) is 11.6 Å². The number of aromatic hydroxyl groups is 3. The van der Waals surface area contributed by atoms with Crippen LogP contribution in [0.5, 0.6) is 17.2 Å². The number of esters is 1. The summed E-state index contributed by atoms with van der Waals surface area (Å²) in [7, 11) is 2.67. The first-order valence-electron chi connectivity index (χ1n) is 12.7. The highest BCUT2D eigenvalue weighted by Crippen LogP contribution is 2.74. The summed E-state index contributed by atoms with van der Waals surface area (Å²) in [5, 5.41) is 35.5. The van der Waals surface area contributed by atoms with E-state index in [0.717, 1.165) is 12.1 Å². The third-order valence-electron chi connectivity index (χ3n) is 8.70. The summed E-state index contributed by atoms with van der Waals surface area (Å²) in [6.45, 7) is 1.78. The van der Waals surface area contributed by atoms with Crippen molar-refractivity contribution in [3.63, 3.8) is 0 Å². The van der Waals surface area contributed by atoms with E-state index in [1.54, 1.807) is 19.1 Å². The Morgan fingerprint density at radius 1 is 0.951 bits per heavy atom. The second-order valence-corrected chi connectivity index (χ2v) is 10.3. The van der Waals surface area contributed by atoms with E-state index in [-0.39, 0.29) is 33.7 Å². The molecule has 0 unspecified atom stereocenters. The lowest BCUT2D eigenvalue weighted by Gasteiger charge is -2.43. The zero-order valence-electron chi connectivity index (χ0n) is 21.9. The molecular weight excluding hydrogens is 530 g/mol. The van der Waals surface area contributed by atoms with Crippen LogP contribution < -0.4 is 5.32 Å². The van der Waals surface area contributed by atoms with Crippen molar-refractivity contribution >= 4 is 23.2 Å². The zero-order valence-corrected chi connectivity index (χ0v) is 21.9. The molecule has 0 saturated carbocycles. The van der Waals surface area contributed by atoms with Crippen molar-refractivity contribution in [2.75, 3.05) is 19.5 Å². The molecule has 4 bridgehead atoms. The normalized spacial score (nSPS) is 30.0. The van der Waals surface area contributed by atoms with Gasteiger partial charge in [0.25, 0.3) is 0 Å². The minimum absolute atomic E-state index is 0.164. The van der Waals surface area contributed by atoms with Gasteiger partial charge >= 0.3 is 5.97 Å². The first-order valence-corrected chi connectivity index (χ1v) is 12.7. The number of carbonyl (C=O) groups excluding carboxylic acids is 3. The lowest BCUT2D eigenvalue weighted by Crippen LogP contribution is -2.55. The number of ether oxygens (including phenoxy) is 3. The second kappa shape index (κ2) is 7.94. The summed E-state index contributed by atoms with van der Waals surface area (Å²) in [5.74, 6) is 6.99. The molecule has 2 heterocycles. The van der Waals surface area contributed by atoms with Crippen LogP contribution in [0.15, 0.2) is 41.7 Å². The first kappa shape index (κ1) is 24.8. The number of fused-ring (bicyclic) bond motifs is 4. The fourth-order valence-corrected chi connectivity index (χ4v) is 7.03. The Kier molecular flexibility index (Phi) is 4.80. The number of phenols is 3. The molecular formula is C31H21NO9. The van der Waals surface area contributed by atoms with Gasteiger partial charge < -0.3 is 34.8 Å². The number of phenolic OH excluding ortho intramolecular Hbond substituents is 3. The number of carbonyl (C=O) groups is 3. The van der Waals surface area contributed by atoms with Crippen LogP contribution in [-0.4, -0.2) is 58.7 Å². The molecule has 7 rings (SSSR count). The standard InChI is InChI=1S/C31H21NO9/c1-13-20(29(38)40-3)28(39-2)14-8-6-4-5-7-9-19-30(13)31(14,41-30)15-12-18(35)23-24(25(15)32-19)27(37)22-17(34)11-10-16(33)21(22)26(23)36/h4-5,10-14,19,32-35H,1-3H3/b5-4-/t13-,14+,19-,30-,31+/m0/s1.